The van der Waals surface area contributed by atoms with Crippen LogP contribution in [-0.4, -0.2) is 31.4 Å². The van der Waals surface area contributed by atoms with Gasteiger partial charge in [0.05, 0.1) is 13.7 Å². The molecule has 0 aromatic heterocycles. The minimum Gasteiger partial charge on any atom is -0.468 e. The molecular formula is C12H16O5. The van der Waals surface area contributed by atoms with Crippen LogP contribution in [0.15, 0.2) is 11.1 Å². The molecule has 0 aromatic rings. The van der Waals surface area contributed by atoms with Crippen molar-refractivity contribution in [3.63, 3.8) is 0 Å². The van der Waals surface area contributed by atoms with Gasteiger partial charge in [-0.25, -0.2) is 4.79 Å². The van der Waals surface area contributed by atoms with E-state index in [1.165, 1.54) is 14.0 Å². The lowest BCUT2D eigenvalue weighted by Crippen LogP contribution is -2.35. The minimum atomic E-state index is -1.35. The predicted molar refractivity (Wildman–Crippen MR) is 59.1 cm³/mol. The van der Waals surface area contributed by atoms with E-state index in [1.54, 1.807) is 13.8 Å². The fourth-order valence-corrected chi connectivity index (χ4v) is 1.90. The molecule has 0 radical (unpaired) electrons. The summed E-state index contributed by atoms with van der Waals surface area (Å²) in [6, 6.07) is 0. The summed E-state index contributed by atoms with van der Waals surface area (Å²) < 4.78 is 9.47. The van der Waals surface area contributed by atoms with Gasteiger partial charge in [-0.05, 0) is 26.3 Å². The van der Waals surface area contributed by atoms with E-state index < -0.39 is 17.4 Å². The molecule has 0 bridgehead atoms. The minimum absolute atomic E-state index is 0.0731. The van der Waals surface area contributed by atoms with Crippen LogP contribution in [0.3, 0.4) is 0 Å². The molecule has 0 saturated heterocycles. The lowest BCUT2D eigenvalue weighted by atomic mass is 9.83. The average Bonchev–Trinajstić information content (AvgIpc) is 2.54. The maximum atomic E-state index is 11.9. The van der Waals surface area contributed by atoms with Crippen molar-refractivity contribution in [1.29, 1.82) is 0 Å². The van der Waals surface area contributed by atoms with Crippen LogP contribution in [0.5, 0.6) is 0 Å². The van der Waals surface area contributed by atoms with Gasteiger partial charge in [0.1, 0.15) is 5.41 Å². The van der Waals surface area contributed by atoms with Crippen LogP contribution in [0, 0.1) is 5.41 Å². The molecule has 17 heavy (non-hydrogen) atoms. The summed E-state index contributed by atoms with van der Waals surface area (Å²) in [6.07, 6.45) is -0.0731. The van der Waals surface area contributed by atoms with E-state index in [0.29, 0.717) is 5.57 Å². The van der Waals surface area contributed by atoms with Gasteiger partial charge in [-0.1, -0.05) is 0 Å². The molecule has 1 rings (SSSR count). The van der Waals surface area contributed by atoms with Crippen LogP contribution in [0.1, 0.15) is 27.2 Å². The van der Waals surface area contributed by atoms with Gasteiger partial charge in [-0.3, -0.25) is 9.59 Å². The number of esters is 2. The summed E-state index contributed by atoms with van der Waals surface area (Å²) in [4.78, 5) is 35.1. The second-order valence-corrected chi connectivity index (χ2v) is 4.04. The molecule has 1 aliphatic rings. The first-order valence-electron chi connectivity index (χ1n) is 5.38. The molecule has 0 heterocycles. The SMILES string of the molecule is CCOC(=O)C1=C(C)C(C)(C(=O)OC)C(=O)C1. The molecule has 1 unspecified atom stereocenters. The number of rotatable bonds is 3. The third kappa shape index (κ3) is 1.97. The van der Waals surface area contributed by atoms with Crippen LogP contribution in [-0.2, 0) is 23.9 Å². The molecule has 0 fully saturated rings. The van der Waals surface area contributed by atoms with E-state index in [-0.39, 0.29) is 24.4 Å². The second-order valence-electron chi connectivity index (χ2n) is 4.04. The van der Waals surface area contributed by atoms with Crippen LogP contribution >= 0.6 is 0 Å². The number of methoxy groups -OCH3 is 1. The summed E-state index contributed by atoms with van der Waals surface area (Å²) in [5, 5.41) is 0. The first-order chi connectivity index (χ1) is 7.89. The van der Waals surface area contributed by atoms with Crippen molar-refractivity contribution in [3.05, 3.63) is 11.1 Å². The molecule has 0 aromatic carbocycles. The Kier molecular flexibility index (Phi) is 3.70. The van der Waals surface area contributed by atoms with Crippen molar-refractivity contribution >= 4 is 17.7 Å². The lowest BCUT2D eigenvalue weighted by molar-refractivity contribution is -0.153. The second kappa shape index (κ2) is 4.69. The summed E-state index contributed by atoms with van der Waals surface area (Å²) in [7, 11) is 1.22. The standard InChI is InChI=1S/C12H16O5/c1-5-17-10(14)8-6-9(13)12(3,7(8)2)11(15)16-4/h5-6H2,1-4H3. The third-order valence-electron chi connectivity index (χ3n) is 3.21. The fourth-order valence-electron chi connectivity index (χ4n) is 1.90. The van der Waals surface area contributed by atoms with Crippen LogP contribution in [0.4, 0.5) is 0 Å². The third-order valence-corrected chi connectivity index (χ3v) is 3.21. The zero-order chi connectivity index (χ0) is 13.2. The normalized spacial score (nSPS) is 23.9. The highest BCUT2D eigenvalue weighted by Crippen LogP contribution is 2.40. The van der Waals surface area contributed by atoms with Gasteiger partial charge < -0.3 is 9.47 Å². The zero-order valence-corrected chi connectivity index (χ0v) is 10.5. The number of hydrogen-bond donors (Lipinski definition) is 0. The maximum Gasteiger partial charge on any atom is 0.334 e. The molecule has 5 heteroatoms. The van der Waals surface area contributed by atoms with E-state index in [1.807, 2.05) is 0 Å². The predicted octanol–water partition coefficient (Wildman–Crippen LogP) is 1.02. The Morgan fingerprint density at radius 2 is 2.00 bits per heavy atom. The Labute approximate surface area is 99.8 Å². The van der Waals surface area contributed by atoms with Gasteiger partial charge in [-0.2, -0.15) is 0 Å². The fraction of sp³-hybridized carbons (Fsp3) is 0.583. The van der Waals surface area contributed by atoms with Gasteiger partial charge in [0, 0.05) is 12.0 Å². The van der Waals surface area contributed by atoms with Gasteiger partial charge in [-0.15, -0.1) is 0 Å². The Morgan fingerprint density at radius 1 is 1.41 bits per heavy atom. The Bertz CT molecular complexity index is 407. The average molecular weight is 240 g/mol. The molecular weight excluding hydrogens is 224 g/mol. The van der Waals surface area contributed by atoms with E-state index in [9.17, 15) is 14.4 Å². The topological polar surface area (TPSA) is 69.7 Å². The van der Waals surface area contributed by atoms with Gasteiger partial charge >= 0.3 is 11.9 Å². The largest absolute Gasteiger partial charge is 0.468 e. The summed E-state index contributed by atoms with van der Waals surface area (Å²) in [5.41, 5.74) is -0.658. The van der Waals surface area contributed by atoms with E-state index in [4.69, 9.17) is 4.74 Å². The van der Waals surface area contributed by atoms with Gasteiger partial charge in [0.25, 0.3) is 0 Å². The summed E-state index contributed by atoms with van der Waals surface area (Å²) >= 11 is 0. The van der Waals surface area contributed by atoms with Gasteiger partial charge in [0.15, 0.2) is 5.78 Å². The van der Waals surface area contributed by atoms with Gasteiger partial charge in [0.2, 0.25) is 0 Å². The molecule has 0 amide bonds. The monoisotopic (exact) mass is 240 g/mol. The number of ether oxygens (including phenoxy) is 2. The molecule has 0 aliphatic heterocycles. The zero-order valence-electron chi connectivity index (χ0n) is 10.5. The molecule has 0 N–H and O–H groups in total. The van der Waals surface area contributed by atoms with Crippen molar-refractivity contribution in [2.45, 2.75) is 27.2 Å². The van der Waals surface area contributed by atoms with Crippen LogP contribution in [0.2, 0.25) is 0 Å². The molecule has 5 nitrogen and oxygen atoms in total. The highest BCUT2D eigenvalue weighted by Gasteiger charge is 2.50. The van der Waals surface area contributed by atoms with Crippen molar-refractivity contribution in [2.75, 3.05) is 13.7 Å². The molecule has 1 aliphatic carbocycles. The first kappa shape index (κ1) is 13.4. The highest BCUT2D eigenvalue weighted by atomic mass is 16.5. The smallest absolute Gasteiger partial charge is 0.334 e. The summed E-state index contributed by atoms with van der Waals surface area (Å²) in [6.45, 7) is 4.99. The quantitative estimate of drug-likeness (QED) is 0.544. The Hall–Kier alpha value is -1.65. The summed E-state index contributed by atoms with van der Waals surface area (Å²) in [5.74, 6) is -1.50. The molecule has 1 atom stereocenters. The Morgan fingerprint density at radius 3 is 2.47 bits per heavy atom. The van der Waals surface area contributed by atoms with E-state index in [0.717, 1.165) is 0 Å². The van der Waals surface area contributed by atoms with Crippen LogP contribution < -0.4 is 0 Å². The molecule has 94 valence electrons. The number of carbonyl (C=O) groups is 3. The van der Waals surface area contributed by atoms with E-state index in [2.05, 4.69) is 4.74 Å². The van der Waals surface area contributed by atoms with Crippen molar-refractivity contribution in [3.8, 4) is 0 Å². The van der Waals surface area contributed by atoms with E-state index >= 15 is 0 Å². The van der Waals surface area contributed by atoms with Crippen molar-refractivity contribution < 1.29 is 23.9 Å². The lowest BCUT2D eigenvalue weighted by Gasteiger charge is -2.20. The highest BCUT2D eigenvalue weighted by molar-refractivity contribution is 6.14. The number of hydrogen-bond acceptors (Lipinski definition) is 5. The number of carbonyl (C=O) groups excluding carboxylic acids is 3. The number of Topliss-reactive ketones (excluding diaryl/α,β-unsaturated/α-hetero) is 1. The van der Waals surface area contributed by atoms with Crippen molar-refractivity contribution in [1.82, 2.24) is 0 Å². The molecule has 0 spiro atoms. The number of ketones is 1. The van der Waals surface area contributed by atoms with Crippen LogP contribution in [0.25, 0.3) is 0 Å². The molecule has 0 saturated carbocycles. The maximum absolute atomic E-state index is 11.9. The van der Waals surface area contributed by atoms with Crippen molar-refractivity contribution in [2.24, 2.45) is 5.41 Å². The first-order valence-corrected chi connectivity index (χ1v) is 5.38. The Balaban J connectivity index is 3.15.